The summed E-state index contributed by atoms with van der Waals surface area (Å²) in [5.74, 6) is 0. The molecule has 0 heterocycles. The van der Waals surface area contributed by atoms with Gasteiger partial charge in [0.1, 0.15) is 0 Å². The molecule has 0 spiro atoms. The Morgan fingerprint density at radius 1 is 0.857 bits per heavy atom. The predicted molar refractivity (Wildman–Crippen MR) is 83.9 cm³/mol. The maximum atomic E-state index is 2.58. The van der Waals surface area contributed by atoms with Crippen LogP contribution in [0.5, 0.6) is 0 Å². The minimum atomic E-state index is 0.923. The van der Waals surface area contributed by atoms with Gasteiger partial charge in [0.15, 0.2) is 0 Å². The van der Waals surface area contributed by atoms with E-state index in [0.29, 0.717) is 0 Å². The molecule has 0 radical (unpaired) electrons. The van der Waals surface area contributed by atoms with Gasteiger partial charge in [0, 0.05) is 3.92 Å². The van der Waals surface area contributed by atoms with Crippen molar-refractivity contribution in [2.45, 2.75) is 68.6 Å². The van der Waals surface area contributed by atoms with Crippen molar-refractivity contribution >= 4 is 45.2 Å². The predicted octanol–water partition coefficient (Wildman–Crippen LogP) is 5.76. The van der Waals surface area contributed by atoms with Crippen LogP contribution in [0.15, 0.2) is 0 Å². The molecule has 0 saturated carbocycles. The largest absolute Gasteiger partial charge is 0.0864 e. The standard InChI is InChI=1S/C12H24I2/c1-2-12(14)10-8-6-4-3-5-7-9-11-13/h12H,2-11H2,1H3. The van der Waals surface area contributed by atoms with Crippen LogP contribution in [0.1, 0.15) is 64.7 Å². The molecule has 1 atom stereocenters. The number of halogens is 2. The molecular formula is C12H24I2. The van der Waals surface area contributed by atoms with Gasteiger partial charge >= 0.3 is 0 Å². The maximum absolute atomic E-state index is 2.58. The van der Waals surface area contributed by atoms with Crippen molar-refractivity contribution in [3.8, 4) is 0 Å². The molecule has 0 aliphatic heterocycles. The molecule has 0 amide bonds. The highest BCUT2D eigenvalue weighted by Crippen LogP contribution is 2.16. The zero-order valence-electron chi connectivity index (χ0n) is 9.40. The third-order valence-electron chi connectivity index (χ3n) is 2.59. The first kappa shape index (κ1) is 15.5. The van der Waals surface area contributed by atoms with E-state index in [4.69, 9.17) is 0 Å². The van der Waals surface area contributed by atoms with Gasteiger partial charge < -0.3 is 0 Å². The molecule has 0 aromatic heterocycles. The fraction of sp³-hybridized carbons (Fsp3) is 1.00. The quantitative estimate of drug-likeness (QED) is 0.239. The van der Waals surface area contributed by atoms with Crippen molar-refractivity contribution in [3.05, 3.63) is 0 Å². The minimum Gasteiger partial charge on any atom is -0.0864 e. The Balaban J connectivity index is 2.92. The number of unbranched alkanes of at least 4 members (excludes halogenated alkanes) is 6. The molecular weight excluding hydrogens is 398 g/mol. The molecule has 0 N–H and O–H groups in total. The van der Waals surface area contributed by atoms with Crippen LogP contribution in [0.25, 0.3) is 0 Å². The monoisotopic (exact) mass is 422 g/mol. The Labute approximate surface area is 117 Å². The van der Waals surface area contributed by atoms with Crippen LogP contribution in [0.4, 0.5) is 0 Å². The van der Waals surface area contributed by atoms with Crippen LogP contribution >= 0.6 is 45.2 Å². The Hall–Kier alpha value is 1.46. The maximum Gasteiger partial charge on any atom is 0.0107 e. The molecule has 0 aliphatic rings. The summed E-state index contributed by atoms with van der Waals surface area (Å²) >= 11 is 5.06. The SMILES string of the molecule is CCC(I)CCCCCCCCCI. The van der Waals surface area contributed by atoms with Gasteiger partial charge in [0.05, 0.1) is 0 Å². The fourth-order valence-corrected chi connectivity index (χ4v) is 2.53. The second-order valence-corrected chi connectivity index (χ2v) is 6.80. The lowest BCUT2D eigenvalue weighted by Crippen LogP contribution is -1.94. The second-order valence-electron chi connectivity index (χ2n) is 3.96. The molecule has 1 unspecified atom stereocenters. The van der Waals surface area contributed by atoms with Crippen LogP contribution in [0.3, 0.4) is 0 Å². The van der Waals surface area contributed by atoms with E-state index in [0.717, 1.165) is 3.92 Å². The molecule has 0 bridgehead atoms. The first-order chi connectivity index (χ1) is 6.81. The van der Waals surface area contributed by atoms with Gasteiger partial charge in [0.25, 0.3) is 0 Å². The van der Waals surface area contributed by atoms with Crippen LogP contribution in [0, 0.1) is 0 Å². The lowest BCUT2D eigenvalue weighted by atomic mass is 10.1. The van der Waals surface area contributed by atoms with Crippen molar-refractivity contribution in [1.82, 2.24) is 0 Å². The Morgan fingerprint density at radius 3 is 1.86 bits per heavy atom. The van der Waals surface area contributed by atoms with Crippen LogP contribution < -0.4 is 0 Å². The van der Waals surface area contributed by atoms with E-state index in [-0.39, 0.29) is 0 Å². The van der Waals surface area contributed by atoms with E-state index in [1.165, 1.54) is 62.2 Å². The van der Waals surface area contributed by atoms with Gasteiger partial charge in [-0.3, -0.25) is 0 Å². The molecule has 2 heteroatoms. The van der Waals surface area contributed by atoms with Gasteiger partial charge in [0.2, 0.25) is 0 Å². The van der Waals surface area contributed by atoms with E-state index < -0.39 is 0 Å². The summed E-state index contributed by atoms with van der Waals surface area (Å²) < 4.78 is 2.26. The molecule has 0 fully saturated rings. The number of alkyl halides is 2. The van der Waals surface area contributed by atoms with E-state index in [9.17, 15) is 0 Å². The molecule has 0 aromatic rings. The van der Waals surface area contributed by atoms with Crippen LogP contribution in [0.2, 0.25) is 0 Å². The summed E-state index contributed by atoms with van der Waals surface area (Å²) in [5.41, 5.74) is 0. The summed E-state index contributed by atoms with van der Waals surface area (Å²) in [6, 6.07) is 0. The smallest absolute Gasteiger partial charge is 0.0107 e. The summed E-state index contributed by atoms with van der Waals surface area (Å²) in [7, 11) is 0. The van der Waals surface area contributed by atoms with E-state index in [1.807, 2.05) is 0 Å². The van der Waals surface area contributed by atoms with Crippen molar-refractivity contribution < 1.29 is 0 Å². The molecule has 86 valence electrons. The third-order valence-corrected chi connectivity index (χ3v) is 4.86. The summed E-state index contributed by atoms with van der Waals surface area (Å²) in [4.78, 5) is 0. The number of rotatable bonds is 10. The highest BCUT2D eigenvalue weighted by Gasteiger charge is 1.99. The molecule has 0 rings (SSSR count). The Morgan fingerprint density at radius 2 is 1.36 bits per heavy atom. The highest BCUT2D eigenvalue weighted by atomic mass is 127. The van der Waals surface area contributed by atoms with E-state index in [2.05, 4.69) is 52.1 Å². The first-order valence-electron chi connectivity index (χ1n) is 6.01. The number of hydrogen-bond donors (Lipinski definition) is 0. The zero-order valence-corrected chi connectivity index (χ0v) is 13.7. The fourth-order valence-electron chi connectivity index (χ4n) is 1.55. The summed E-state index contributed by atoms with van der Waals surface area (Å²) in [6.07, 6.45) is 13.0. The first-order valence-corrected chi connectivity index (χ1v) is 8.78. The molecule has 14 heavy (non-hydrogen) atoms. The highest BCUT2D eigenvalue weighted by molar-refractivity contribution is 14.1. The van der Waals surface area contributed by atoms with Crippen LogP contribution in [-0.2, 0) is 0 Å². The average molecular weight is 422 g/mol. The van der Waals surface area contributed by atoms with Crippen molar-refractivity contribution in [1.29, 1.82) is 0 Å². The Bertz CT molecular complexity index is 104. The van der Waals surface area contributed by atoms with Crippen molar-refractivity contribution in [2.24, 2.45) is 0 Å². The molecule has 0 aromatic carbocycles. The van der Waals surface area contributed by atoms with E-state index in [1.54, 1.807) is 0 Å². The normalized spacial score (nSPS) is 13.1. The van der Waals surface area contributed by atoms with E-state index >= 15 is 0 Å². The van der Waals surface area contributed by atoms with Gasteiger partial charge in [-0.25, -0.2) is 0 Å². The zero-order chi connectivity index (χ0) is 10.6. The molecule has 0 saturated heterocycles. The lowest BCUT2D eigenvalue weighted by molar-refractivity contribution is 0.572. The van der Waals surface area contributed by atoms with Gasteiger partial charge in [-0.2, -0.15) is 0 Å². The van der Waals surface area contributed by atoms with Crippen molar-refractivity contribution in [3.63, 3.8) is 0 Å². The van der Waals surface area contributed by atoms with Gasteiger partial charge in [-0.15, -0.1) is 0 Å². The average Bonchev–Trinajstić information content (AvgIpc) is 2.21. The minimum absolute atomic E-state index is 0.923. The van der Waals surface area contributed by atoms with Crippen molar-refractivity contribution in [2.75, 3.05) is 4.43 Å². The molecule has 0 nitrogen and oxygen atoms in total. The molecule has 0 aliphatic carbocycles. The van der Waals surface area contributed by atoms with Gasteiger partial charge in [-0.05, 0) is 23.7 Å². The summed E-state index contributed by atoms with van der Waals surface area (Å²) in [6.45, 7) is 2.29. The summed E-state index contributed by atoms with van der Waals surface area (Å²) in [5, 5.41) is 0. The van der Waals surface area contributed by atoms with Gasteiger partial charge in [-0.1, -0.05) is 90.6 Å². The van der Waals surface area contributed by atoms with Crippen LogP contribution in [-0.4, -0.2) is 8.35 Å². The Kier molecular flexibility index (Phi) is 13.8. The lowest BCUT2D eigenvalue weighted by Gasteiger charge is -2.05. The second kappa shape index (κ2) is 12.5. The topological polar surface area (TPSA) is 0 Å². The number of hydrogen-bond acceptors (Lipinski definition) is 0. The third kappa shape index (κ3) is 11.5.